The van der Waals surface area contributed by atoms with E-state index < -0.39 is 38.6 Å². The first-order chi connectivity index (χ1) is 16.5. The Morgan fingerprint density at radius 2 is 1.77 bits per heavy atom. The minimum Gasteiger partial charge on any atom is -0.275 e. The summed E-state index contributed by atoms with van der Waals surface area (Å²) in [7, 11) is -0.709. The zero-order valence-corrected chi connectivity index (χ0v) is 20.3. The Hall–Kier alpha value is -3.45. The lowest BCUT2D eigenvalue weighted by molar-refractivity contribution is -0.453. The van der Waals surface area contributed by atoms with Crippen molar-refractivity contribution in [1.29, 1.82) is 0 Å². The van der Waals surface area contributed by atoms with Gasteiger partial charge in [-0.05, 0) is 25.8 Å². The number of nitrogens with zero attached hydrogens (tertiary/aromatic N) is 6. The average Bonchev–Trinajstić information content (AvgIpc) is 3.14. The van der Waals surface area contributed by atoms with E-state index >= 15 is 4.39 Å². The van der Waals surface area contributed by atoms with Gasteiger partial charge in [-0.15, -0.1) is 0 Å². The van der Waals surface area contributed by atoms with Crippen LogP contribution in [-0.2, 0) is 42.0 Å². The Labute approximate surface area is 201 Å². The molecule has 0 saturated heterocycles. The number of fused-ring (bicyclic) bond motifs is 1. The highest BCUT2D eigenvalue weighted by Crippen LogP contribution is 2.37. The predicted octanol–water partition coefficient (Wildman–Crippen LogP) is 0.903. The van der Waals surface area contributed by atoms with Crippen molar-refractivity contribution in [2.45, 2.75) is 43.6 Å². The van der Waals surface area contributed by atoms with Crippen molar-refractivity contribution in [3.63, 3.8) is 0 Å². The molecule has 1 unspecified atom stereocenters. The van der Waals surface area contributed by atoms with Gasteiger partial charge in [-0.2, -0.15) is 24.5 Å². The minimum absolute atomic E-state index is 0.0212. The van der Waals surface area contributed by atoms with Crippen LogP contribution >= 0.6 is 0 Å². The van der Waals surface area contributed by atoms with E-state index in [1.54, 1.807) is 49.0 Å². The van der Waals surface area contributed by atoms with Crippen LogP contribution in [0.1, 0.15) is 30.9 Å². The number of aryl methyl sites for hydroxylation is 2. The number of amides is 3. The number of allylic oxidation sites excluding steroid dienone is 1. The van der Waals surface area contributed by atoms with Crippen molar-refractivity contribution >= 4 is 27.7 Å². The van der Waals surface area contributed by atoms with E-state index in [0.29, 0.717) is 24.0 Å². The van der Waals surface area contributed by atoms with Crippen molar-refractivity contribution in [2.24, 2.45) is 14.1 Å². The molecule has 3 heterocycles. The molecular weight excluding hydrogens is 477 g/mol. The smallest absolute Gasteiger partial charge is 0.275 e. The second-order valence-electron chi connectivity index (χ2n) is 9.43. The number of aromatic nitrogens is 4. The molecule has 184 valence electrons. The summed E-state index contributed by atoms with van der Waals surface area (Å²) in [6.45, 7) is 1.70. The third-order valence-electron chi connectivity index (χ3n) is 6.29. The quantitative estimate of drug-likeness (QED) is 0.562. The van der Waals surface area contributed by atoms with Gasteiger partial charge in [0.2, 0.25) is 10.0 Å². The Kier molecular flexibility index (Phi) is 5.36. The third kappa shape index (κ3) is 4.36. The van der Waals surface area contributed by atoms with Crippen molar-refractivity contribution < 1.29 is 27.0 Å². The number of hydrogen-bond donors (Lipinski definition) is 1. The number of nitrogens with one attached hydrogen (secondary N) is 1. The largest absolute Gasteiger partial charge is 0.502 e. The van der Waals surface area contributed by atoms with Gasteiger partial charge in [-0.1, -0.05) is 0 Å². The number of imide groups is 1. The summed E-state index contributed by atoms with van der Waals surface area (Å²) in [5.74, 6) is -1.66. The van der Waals surface area contributed by atoms with E-state index in [9.17, 15) is 18.0 Å². The molecule has 35 heavy (non-hydrogen) atoms. The number of halogens is 1. The van der Waals surface area contributed by atoms with E-state index in [-0.39, 0.29) is 24.4 Å². The fraction of sp³-hybridized carbons (Fsp3) is 0.409. The van der Waals surface area contributed by atoms with Crippen LogP contribution in [0.4, 0.5) is 9.18 Å². The molecule has 0 bridgehead atoms. The van der Waals surface area contributed by atoms with Crippen molar-refractivity contribution in [2.75, 3.05) is 0 Å². The third-order valence-corrected chi connectivity index (χ3v) is 8.10. The SMILES string of the molecule is Cn1cc(CN2C(=O)C3=CC(S(=O)(=O)NC4(C)CC4)C(F)=CC3=[N+](Cc3cnn(C)c3)C2=O)cn1. The molecule has 5 rings (SSSR count). The summed E-state index contributed by atoms with van der Waals surface area (Å²) in [4.78, 5) is 27.9. The van der Waals surface area contributed by atoms with Crippen LogP contribution in [0, 0.1) is 0 Å². The van der Waals surface area contributed by atoms with Crippen LogP contribution in [0.3, 0.4) is 0 Å². The van der Waals surface area contributed by atoms with E-state index in [4.69, 9.17) is 0 Å². The number of rotatable bonds is 7. The Bertz CT molecular complexity index is 1450. The minimum atomic E-state index is -4.15. The van der Waals surface area contributed by atoms with Gasteiger partial charge in [0.1, 0.15) is 35.5 Å². The molecule has 1 saturated carbocycles. The molecule has 2 aromatic heterocycles. The molecule has 1 aliphatic heterocycles. The molecule has 11 nitrogen and oxygen atoms in total. The lowest BCUT2D eigenvalue weighted by atomic mass is 9.98. The summed E-state index contributed by atoms with van der Waals surface area (Å²) >= 11 is 0. The molecule has 3 aliphatic rings. The first-order valence-corrected chi connectivity index (χ1v) is 12.6. The van der Waals surface area contributed by atoms with E-state index in [1.807, 2.05) is 0 Å². The molecule has 2 aliphatic carbocycles. The van der Waals surface area contributed by atoms with Gasteiger partial charge in [0, 0.05) is 49.2 Å². The van der Waals surface area contributed by atoms with Gasteiger partial charge in [-0.3, -0.25) is 9.36 Å². The van der Waals surface area contributed by atoms with Crippen LogP contribution < -0.4 is 4.72 Å². The fourth-order valence-corrected chi connectivity index (χ4v) is 5.89. The maximum Gasteiger partial charge on any atom is 0.502 e. The maximum atomic E-state index is 15.2. The van der Waals surface area contributed by atoms with Crippen LogP contribution in [0.5, 0.6) is 0 Å². The Balaban J connectivity index is 1.58. The monoisotopic (exact) mass is 502 g/mol. The van der Waals surface area contributed by atoms with Gasteiger partial charge < -0.3 is 0 Å². The molecule has 3 amide bonds. The van der Waals surface area contributed by atoms with E-state index in [2.05, 4.69) is 14.9 Å². The molecule has 0 aromatic carbocycles. The first-order valence-electron chi connectivity index (χ1n) is 11.0. The summed E-state index contributed by atoms with van der Waals surface area (Å²) in [5, 5.41) is 6.50. The van der Waals surface area contributed by atoms with Gasteiger partial charge in [-0.25, -0.2) is 22.3 Å². The number of urea groups is 1. The lowest BCUT2D eigenvalue weighted by Crippen LogP contribution is -2.52. The van der Waals surface area contributed by atoms with Gasteiger partial charge >= 0.3 is 11.9 Å². The second-order valence-corrected chi connectivity index (χ2v) is 11.2. The van der Waals surface area contributed by atoms with Gasteiger partial charge in [0.15, 0.2) is 0 Å². The molecule has 0 spiro atoms. The molecule has 1 N–H and O–H groups in total. The lowest BCUT2D eigenvalue weighted by Gasteiger charge is -2.27. The van der Waals surface area contributed by atoms with Crippen molar-refractivity contribution in [3.8, 4) is 0 Å². The summed E-state index contributed by atoms with van der Waals surface area (Å²) in [6.07, 6.45) is 9.86. The molecule has 1 fully saturated rings. The van der Waals surface area contributed by atoms with Crippen molar-refractivity contribution in [1.82, 2.24) is 29.2 Å². The van der Waals surface area contributed by atoms with Crippen molar-refractivity contribution in [3.05, 3.63) is 59.5 Å². The number of sulfonamides is 1. The Morgan fingerprint density at radius 3 is 2.34 bits per heavy atom. The summed E-state index contributed by atoms with van der Waals surface area (Å²) < 4.78 is 48.1. The zero-order valence-electron chi connectivity index (χ0n) is 19.5. The first kappa shape index (κ1) is 23.3. The highest BCUT2D eigenvalue weighted by Gasteiger charge is 2.49. The molecule has 2 aromatic rings. The highest BCUT2D eigenvalue weighted by atomic mass is 32.2. The number of carbonyl (C=O) groups is 2. The van der Waals surface area contributed by atoms with Gasteiger partial charge in [0.05, 0.1) is 12.4 Å². The number of carbonyl (C=O) groups excluding carboxylic acids is 2. The summed E-state index contributed by atoms with van der Waals surface area (Å²) in [6, 6.07) is -0.649. The molecular formula is C22H25FN7O4S+. The standard InChI is InChI=1S/C22H25FN7O4S/c1-22(4-5-22)26-35(33,34)19-6-16-18(7-17(19)23)29(12-14-8-24-27(2)10-14)21(32)30(20(16)31)13-15-9-25-28(3)11-15/h6-11,19,26H,4-5,12-13H2,1-3H3/q+1. The highest BCUT2D eigenvalue weighted by molar-refractivity contribution is 7.90. The van der Waals surface area contributed by atoms with Crippen LogP contribution in [0.25, 0.3) is 0 Å². The van der Waals surface area contributed by atoms with Gasteiger partial charge in [0.25, 0.3) is 0 Å². The second kappa shape index (κ2) is 8.05. The van der Waals surface area contributed by atoms with E-state index in [1.165, 1.54) is 10.8 Å². The topological polar surface area (TPSA) is 122 Å². The zero-order chi connectivity index (χ0) is 25.1. The number of hydrogen-bond acceptors (Lipinski definition) is 6. The van der Waals surface area contributed by atoms with Crippen LogP contribution in [0.2, 0.25) is 0 Å². The summed E-state index contributed by atoms with van der Waals surface area (Å²) in [5.41, 5.74) is 0.648. The van der Waals surface area contributed by atoms with E-state index in [0.717, 1.165) is 17.1 Å². The molecule has 1 atom stereocenters. The predicted molar refractivity (Wildman–Crippen MR) is 122 cm³/mol. The van der Waals surface area contributed by atoms with Crippen LogP contribution in [0.15, 0.2) is 48.3 Å². The average molecular weight is 503 g/mol. The molecule has 13 heteroatoms. The molecule has 0 radical (unpaired) electrons. The Morgan fingerprint density at radius 1 is 1.14 bits per heavy atom. The normalized spacial score (nSPS) is 21.7. The maximum absolute atomic E-state index is 15.2. The van der Waals surface area contributed by atoms with Crippen LogP contribution in [-0.4, -0.2) is 65.9 Å². The fourth-order valence-electron chi connectivity index (χ4n) is 4.19.